The van der Waals surface area contributed by atoms with Crippen molar-refractivity contribution in [3.8, 4) is 17.2 Å². The molecule has 2 heterocycles. The van der Waals surface area contributed by atoms with Crippen LogP contribution in [0.15, 0.2) is 59.1 Å². The summed E-state index contributed by atoms with van der Waals surface area (Å²) in [5.41, 5.74) is 1.73. The fourth-order valence-electron chi connectivity index (χ4n) is 2.91. The monoisotopic (exact) mass is 468 g/mol. The van der Waals surface area contributed by atoms with E-state index >= 15 is 0 Å². The highest BCUT2D eigenvalue weighted by Crippen LogP contribution is 2.31. The number of pyridine rings is 1. The molecule has 0 unspecified atom stereocenters. The molecule has 0 aliphatic heterocycles. The third-order valence-electron chi connectivity index (χ3n) is 4.52. The summed E-state index contributed by atoms with van der Waals surface area (Å²) < 4.78 is 17.3. The van der Waals surface area contributed by atoms with Gasteiger partial charge in [-0.3, -0.25) is 0 Å². The molecule has 0 aliphatic rings. The Hall–Kier alpha value is -3.82. The minimum Gasteiger partial charge on any atom is -0.491 e. The molecule has 0 aliphatic carbocycles. The lowest BCUT2D eigenvalue weighted by Crippen LogP contribution is -2.19. The predicted molar refractivity (Wildman–Crippen MR) is 124 cm³/mol. The summed E-state index contributed by atoms with van der Waals surface area (Å²) in [6.07, 6.45) is 1.38. The third kappa shape index (κ3) is 5.71. The summed E-state index contributed by atoms with van der Waals surface area (Å²) in [6.45, 7) is 1.27. The highest BCUT2D eigenvalue weighted by molar-refractivity contribution is 6.32. The Balaban J connectivity index is 1.49. The number of nitrogens with zero attached hydrogens (tertiary/aromatic N) is 3. The SMILES string of the molecule is CN(C)CCOc1cc(Nc2nc3cc(Oc4ccnc(C(=O)O)c4)ccc3o2)ccc1Cl. The normalized spacial score (nSPS) is 11.0. The zero-order valence-corrected chi connectivity index (χ0v) is 18.7. The summed E-state index contributed by atoms with van der Waals surface area (Å²) in [6, 6.07) is 13.7. The van der Waals surface area contributed by atoms with Crippen molar-refractivity contribution in [3.05, 3.63) is 65.4 Å². The minimum atomic E-state index is -1.13. The average molecular weight is 469 g/mol. The predicted octanol–water partition coefficient (Wildman–Crippen LogP) is 5.05. The molecule has 2 aromatic heterocycles. The fourth-order valence-corrected chi connectivity index (χ4v) is 3.08. The van der Waals surface area contributed by atoms with E-state index in [-0.39, 0.29) is 5.69 Å². The highest BCUT2D eigenvalue weighted by atomic mass is 35.5. The molecule has 0 radical (unpaired) electrons. The zero-order valence-electron chi connectivity index (χ0n) is 17.9. The summed E-state index contributed by atoms with van der Waals surface area (Å²) in [4.78, 5) is 21.3. The highest BCUT2D eigenvalue weighted by Gasteiger charge is 2.11. The Labute approximate surface area is 194 Å². The number of hydrogen-bond acceptors (Lipinski definition) is 8. The number of ether oxygens (including phenoxy) is 2. The number of likely N-dealkylation sites (N-methyl/N-ethyl adjacent to an activating group) is 1. The van der Waals surface area contributed by atoms with E-state index in [1.807, 2.05) is 19.0 Å². The van der Waals surface area contributed by atoms with Crippen LogP contribution in [0.3, 0.4) is 0 Å². The number of oxazole rings is 1. The Bertz CT molecular complexity index is 1290. The van der Waals surface area contributed by atoms with Crippen LogP contribution < -0.4 is 14.8 Å². The molecule has 4 rings (SSSR count). The molecule has 9 nitrogen and oxygen atoms in total. The molecule has 170 valence electrons. The molecule has 0 fully saturated rings. The summed E-state index contributed by atoms with van der Waals surface area (Å²) in [5, 5.41) is 12.7. The Kier molecular flexibility index (Phi) is 6.62. The number of hydrogen-bond donors (Lipinski definition) is 2. The molecular weight excluding hydrogens is 448 g/mol. The van der Waals surface area contributed by atoms with Gasteiger partial charge < -0.3 is 29.2 Å². The first-order valence-electron chi connectivity index (χ1n) is 9.99. The molecule has 0 bridgehead atoms. The van der Waals surface area contributed by atoms with Crippen molar-refractivity contribution < 1.29 is 23.8 Å². The molecule has 4 aromatic rings. The summed E-state index contributed by atoms with van der Waals surface area (Å²) in [5.74, 6) is 0.268. The van der Waals surface area contributed by atoms with Crippen molar-refractivity contribution in [2.24, 2.45) is 0 Å². The molecule has 2 aromatic carbocycles. The molecule has 33 heavy (non-hydrogen) atoms. The summed E-state index contributed by atoms with van der Waals surface area (Å²) >= 11 is 6.23. The number of benzene rings is 2. The van der Waals surface area contributed by atoms with Gasteiger partial charge >= 0.3 is 5.97 Å². The number of nitrogens with one attached hydrogen (secondary N) is 1. The van der Waals surface area contributed by atoms with E-state index in [1.54, 1.807) is 42.5 Å². The molecule has 0 saturated heterocycles. The van der Waals surface area contributed by atoms with E-state index in [2.05, 4.69) is 15.3 Å². The van der Waals surface area contributed by atoms with Crippen LogP contribution in [0.2, 0.25) is 5.02 Å². The summed E-state index contributed by atoms with van der Waals surface area (Å²) in [7, 11) is 3.94. The second kappa shape index (κ2) is 9.76. The molecule has 2 N–H and O–H groups in total. The van der Waals surface area contributed by atoms with Crippen molar-refractivity contribution >= 4 is 40.4 Å². The molecule has 0 amide bonds. The van der Waals surface area contributed by atoms with Gasteiger partial charge in [0.15, 0.2) is 11.3 Å². The van der Waals surface area contributed by atoms with Gasteiger partial charge in [-0.1, -0.05) is 11.6 Å². The van der Waals surface area contributed by atoms with Gasteiger partial charge in [0.2, 0.25) is 0 Å². The number of aromatic carboxylic acids is 1. The van der Waals surface area contributed by atoms with Crippen molar-refractivity contribution in [1.29, 1.82) is 0 Å². The standard InChI is InChI=1S/C23H21ClN4O5/c1-28(2)9-10-31-21-11-14(3-5-17(21)24)26-23-27-18-12-15(4-6-20(18)33-23)32-16-7-8-25-19(13-16)22(29)30/h3-8,11-13H,9-10H2,1-2H3,(H,26,27)(H,29,30). The van der Waals surface area contributed by atoms with Crippen molar-refractivity contribution in [1.82, 2.24) is 14.9 Å². The maximum Gasteiger partial charge on any atom is 0.354 e. The minimum absolute atomic E-state index is 0.102. The number of rotatable bonds is 9. The lowest BCUT2D eigenvalue weighted by atomic mass is 10.3. The van der Waals surface area contributed by atoms with Crippen LogP contribution in [-0.2, 0) is 0 Å². The van der Waals surface area contributed by atoms with Gasteiger partial charge in [-0.15, -0.1) is 0 Å². The molecule has 10 heteroatoms. The number of carboxylic acid groups (broad SMARTS) is 1. The number of anilines is 2. The topological polar surface area (TPSA) is 110 Å². The van der Waals surface area contributed by atoms with E-state index in [4.69, 9.17) is 30.6 Å². The average Bonchev–Trinajstić information content (AvgIpc) is 3.17. The second-order valence-electron chi connectivity index (χ2n) is 7.35. The van der Waals surface area contributed by atoms with Crippen LogP contribution in [0, 0.1) is 0 Å². The van der Waals surface area contributed by atoms with Gasteiger partial charge in [-0.05, 0) is 44.4 Å². The number of carbonyl (C=O) groups is 1. The van der Waals surface area contributed by atoms with Gasteiger partial charge in [0.25, 0.3) is 6.01 Å². The van der Waals surface area contributed by atoms with Crippen LogP contribution in [0.1, 0.15) is 10.5 Å². The van der Waals surface area contributed by atoms with Gasteiger partial charge in [-0.2, -0.15) is 4.98 Å². The van der Waals surface area contributed by atoms with E-state index < -0.39 is 5.97 Å². The number of carboxylic acids is 1. The first-order chi connectivity index (χ1) is 15.9. The molecule has 0 spiro atoms. The van der Waals surface area contributed by atoms with E-state index in [1.165, 1.54) is 12.3 Å². The maximum atomic E-state index is 11.1. The number of halogens is 1. The third-order valence-corrected chi connectivity index (χ3v) is 4.84. The van der Waals surface area contributed by atoms with Crippen LogP contribution in [0.25, 0.3) is 11.1 Å². The molecular formula is C23H21ClN4O5. The van der Waals surface area contributed by atoms with E-state index in [9.17, 15) is 4.79 Å². The Morgan fingerprint density at radius 1 is 1.15 bits per heavy atom. The largest absolute Gasteiger partial charge is 0.491 e. The molecule has 0 atom stereocenters. The van der Waals surface area contributed by atoms with E-state index in [0.29, 0.717) is 51.7 Å². The first kappa shape index (κ1) is 22.4. The Morgan fingerprint density at radius 3 is 2.76 bits per heavy atom. The van der Waals surface area contributed by atoms with Gasteiger partial charge in [0, 0.05) is 36.6 Å². The smallest absolute Gasteiger partial charge is 0.354 e. The van der Waals surface area contributed by atoms with Crippen molar-refractivity contribution in [2.45, 2.75) is 0 Å². The fraction of sp³-hybridized carbons (Fsp3) is 0.174. The Morgan fingerprint density at radius 2 is 1.97 bits per heavy atom. The van der Waals surface area contributed by atoms with Gasteiger partial charge in [0.05, 0.1) is 5.02 Å². The van der Waals surface area contributed by atoms with Crippen LogP contribution in [0.4, 0.5) is 11.7 Å². The van der Waals surface area contributed by atoms with E-state index in [0.717, 1.165) is 6.54 Å². The van der Waals surface area contributed by atoms with Gasteiger partial charge in [-0.25, -0.2) is 9.78 Å². The van der Waals surface area contributed by atoms with Crippen molar-refractivity contribution in [3.63, 3.8) is 0 Å². The van der Waals surface area contributed by atoms with Gasteiger partial charge in [0.1, 0.15) is 29.4 Å². The van der Waals surface area contributed by atoms with Crippen LogP contribution >= 0.6 is 11.6 Å². The zero-order chi connectivity index (χ0) is 23.4. The lowest BCUT2D eigenvalue weighted by Gasteiger charge is -2.13. The first-order valence-corrected chi connectivity index (χ1v) is 10.4. The quantitative estimate of drug-likeness (QED) is 0.348. The van der Waals surface area contributed by atoms with Crippen LogP contribution in [-0.4, -0.2) is 53.2 Å². The molecule has 0 saturated carbocycles. The second-order valence-corrected chi connectivity index (χ2v) is 7.76. The van der Waals surface area contributed by atoms with Crippen LogP contribution in [0.5, 0.6) is 17.2 Å². The number of aromatic nitrogens is 2. The van der Waals surface area contributed by atoms with Crippen molar-refractivity contribution in [2.75, 3.05) is 32.6 Å². The number of fused-ring (bicyclic) bond motifs is 1. The lowest BCUT2D eigenvalue weighted by molar-refractivity contribution is 0.0690. The maximum absolute atomic E-state index is 11.1.